The number of anilines is 2. The minimum atomic E-state index is -0.440. The van der Waals surface area contributed by atoms with Gasteiger partial charge in [-0.05, 0) is 39.0 Å². The normalized spacial score (nSPS) is 23.1. The first-order valence-corrected chi connectivity index (χ1v) is 9.10. The van der Waals surface area contributed by atoms with Gasteiger partial charge in [-0.25, -0.2) is 4.98 Å². The highest BCUT2D eigenvalue weighted by atomic mass is 16.6. The van der Waals surface area contributed by atoms with Crippen LogP contribution in [0.25, 0.3) is 0 Å². The lowest BCUT2D eigenvalue weighted by Crippen LogP contribution is -2.41. The van der Waals surface area contributed by atoms with Crippen molar-refractivity contribution in [3.8, 4) is 5.88 Å². The van der Waals surface area contributed by atoms with Gasteiger partial charge in [-0.15, -0.1) is 0 Å². The van der Waals surface area contributed by atoms with Crippen LogP contribution in [-0.2, 0) is 16.0 Å². The van der Waals surface area contributed by atoms with Crippen molar-refractivity contribution in [1.29, 1.82) is 0 Å². The Morgan fingerprint density at radius 2 is 2.20 bits per heavy atom. The quantitative estimate of drug-likeness (QED) is 0.847. The molecule has 138 valence electrons. The molecule has 2 aliphatic rings. The van der Waals surface area contributed by atoms with E-state index < -0.39 is 5.60 Å². The Morgan fingerprint density at radius 1 is 1.44 bits per heavy atom. The van der Waals surface area contributed by atoms with E-state index in [0.29, 0.717) is 30.5 Å². The summed E-state index contributed by atoms with van der Waals surface area (Å²) < 4.78 is 11.1. The minimum absolute atomic E-state index is 0.122. The molecule has 2 aliphatic heterocycles. The Hall–Kier alpha value is -1.98. The van der Waals surface area contributed by atoms with Crippen LogP contribution in [0.5, 0.6) is 5.88 Å². The maximum atomic E-state index is 12.2. The van der Waals surface area contributed by atoms with Crippen molar-refractivity contribution in [1.82, 2.24) is 4.98 Å². The molecular formula is C19H29N3O3. The molecule has 1 aromatic rings. The lowest BCUT2D eigenvalue weighted by Gasteiger charge is -2.39. The molecule has 0 amide bonds. The number of esters is 1. The molecule has 0 aliphatic carbocycles. The summed E-state index contributed by atoms with van der Waals surface area (Å²) in [5.74, 6) is 1.34. The van der Waals surface area contributed by atoms with Crippen LogP contribution in [0.15, 0.2) is 6.20 Å². The highest BCUT2D eigenvalue weighted by molar-refractivity contribution is 5.74. The fourth-order valence-electron chi connectivity index (χ4n) is 3.95. The molecule has 6 heteroatoms. The number of nitrogens with zero attached hydrogens (tertiary/aromatic N) is 2. The van der Waals surface area contributed by atoms with Gasteiger partial charge in [0.2, 0.25) is 5.88 Å². The Morgan fingerprint density at radius 3 is 2.92 bits per heavy atom. The number of carbonyl (C=O) groups is 1. The Bertz CT molecular complexity index is 654. The molecule has 2 N–H and O–H groups in total. The lowest BCUT2D eigenvalue weighted by atomic mass is 9.87. The third-order valence-electron chi connectivity index (χ3n) is 4.67. The zero-order chi connectivity index (χ0) is 18.2. The maximum Gasteiger partial charge on any atom is 0.306 e. The molecule has 1 saturated heterocycles. The van der Waals surface area contributed by atoms with Gasteiger partial charge < -0.3 is 20.1 Å². The highest BCUT2D eigenvalue weighted by Gasteiger charge is 2.32. The summed E-state index contributed by atoms with van der Waals surface area (Å²) >= 11 is 0. The molecule has 3 rings (SSSR count). The fourth-order valence-corrected chi connectivity index (χ4v) is 3.95. The van der Waals surface area contributed by atoms with Crippen molar-refractivity contribution in [2.75, 3.05) is 30.3 Å². The van der Waals surface area contributed by atoms with Crippen LogP contribution in [0.3, 0.4) is 0 Å². The first-order chi connectivity index (χ1) is 11.7. The van der Waals surface area contributed by atoms with Gasteiger partial charge in [-0.3, -0.25) is 4.79 Å². The van der Waals surface area contributed by atoms with Crippen LogP contribution >= 0.6 is 0 Å². The summed E-state index contributed by atoms with van der Waals surface area (Å²) in [4.78, 5) is 18.8. The van der Waals surface area contributed by atoms with Crippen LogP contribution in [0.1, 0.15) is 46.1 Å². The zero-order valence-corrected chi connectivity index (χ0v) is 15.7. The number of rotatable bonds is 3. The molecule has 0 aromatic carbocycles. The SMILES string of the molecule is C[C@@H]1C[C@H](CC(=O)OC(C)(C)C)CN(c2c(N)cnc3c2CCO3)C1. The van der Waals surface area contributed by atoms with Gasteiger partial charge in [0.25, 0.3) is 0 Å². The molecular weight excluding hydrogens is 318 g/mol. The monoisotopic (exact) mass is 347 g/mol. The molecule has 2 atom stereocenters. The van der Waals surface area contributed by atoms with Crippen molar-refractivity contribution in [3.05, 3.63) is 11.8 Å². The second-order valence-corrected chi connectivity index (χ2v) is 8.35. The van der Waals surface area contributed by atoms with Gasteiger partial charge in [0.05, 0.1) is 30.6 Å². The van der Waals surface area contributed by atoms with Crippen LogP contribution in [0.2, 0.25) is 0 Å². The number of fused-ring (bicyclic) bond motifs is 1. The number of ether oxygens (including phenoxy) is 2. The van der Waals surface area contributed by atoms with E-state index in [1.807, 2.05) is 20.8 Å². The topological polar surface area (TPSA) is 77.7 Å². The number of piperidine rings is 1. The molecule has 1 aromatic heterocycles. The van der Waals surface area contributed by atoms with Crippen molar-refractivity contribution in [2.45, 2.75) is 52.6 Å². The molecule has 0 unspecified atom stereocenters. The van der Waals surface area contributed by atoms with E-state index in [0.717, 1.165) is 37.2 Å². The van der Waals surface area contributed by atoms with Gasteiger partial charge in [-0.2, -0.15) is 0 Å². The Kier molecular flexibility index (Phi) is 4.80. The fraction of sp³-hybridized carbons (Fsp3) is 0.684. The second-order valence-electron chi connectivity index (χ2n) is 8.35. The number of nitrogens with two attached hydrogens (primary N) is 1. The van der Waals surface area contributed by atoms with Crippen molar-refractivity contribution >= 4 is 17.3 Å². The summed E-state index contributed by atoms with van der Waals surface area (Å²) in [5, 5.41) is 0. The van der Waals surface area contributed by atoms with E-state index in [2.05, 4.69) is 16.8 Å². The highest BCUT2D eigenvalue weighted by Crippen LogP contribution is 2.39. The van der Waals surface area contributed by atoms with E-state index in [1.54, 1.807) is 6.20 Å². The van der Waals surface area contributed by atoms with E-state index in [1.165, 1.54) is 0 Å². The molecule has 6 nitrogen and oxygen atoms in total. The average Bonchev–Trinajstić information content (AvgIpc) is 2.92. The van der Waals surface area contributed by atoms with E-state index in [-0.39, 0.29) is 11.9 Å². The van der Waals surface area contributed by atoms with Crippen LogP contribution in [0.4, 0.5) is 11.4 Å². The number of carbonyl (C=O) groups excluding carboxylic acids is 1. The average molecular weight is 347 g/mol. The van der Waals surface area contributed by atoms with Gasteiger partial charge in [0, 0.05) is 25.1 Å². The summed E-state index contributed by atoms with van der Waals surface area (Å²) in [7, 11) is 0. The van der Waals surface area contributed by atoms with Gasteiger partial charge >= 0.3 is 5.97 Å². The van der Waals surface area contributed by atoms with E-state index >= 15 is 0 Å². The van der Waals surface area contributed by atoms with Crippen molar-refractivity contribution in [2.24, 2.45) is 11.8 Å². The van der Waals surface area contributed by atoms with Gasteiger partial charge in [-0.1, -0.05) is 6.92 Å². The Balaban J connectivity index is 1.76. The standard InChI is InChI=1S/C19H29N3O3/c1-12-7-13(8-16(23)25-19(2,3)4)11-22(10-12)17-14-5-6-24-18(14)21-9-15(17)20/h9,12-13H,5-8,10-11,20H2,1-4H3/t12-,13-/m1/s1. The molecule has 0 spiro atoms. The number of hydrogen-bond donors (Lipinski definition) is 1. The zero-order valence-electron chi connectivity index (χ0n) is 15.7. The minimum Gasteiger partial charge on any atom is -0.477 e. The van der Waals surface area contributed by atoms with E-state index in [4.69, 9.17) is 15.2 Å². The third-order valence-corrected chi connectivity index (χ3v) is 4.67. The molecule has 0 saturated carbocycles. The predicted octanol–water partition coefficient (Wildman–Crippen LogP) is 2.79. The van der Waals surface area contributed by atoms with Gasteiger partial charge in [0.15, 0.2) is 0 Å². The third kappa shape index (κ3) is 4.17. The van der Waals surface area contributed by atoms with E-state index in [9.17, 15) is 4.79 Å². The largest absolute Gasteiger partial charge is 0.477 e. The second kappa shape index (κ2) is 6.73. The summed E-state index contributed by atoms with van der Waals surface area (Å²) in [6, 6.07) is 0. The van der Waals surface area contributed by atoms with Gasteiger partial charge in [0.1, 0.15) is 5.60 Å². The number of aromatic nitrogens is 1. The molecule has 0 radical (unpaired) electrons. The first kappa shape index (κ1) is 17.8. The smallest absolute Gasteiger partial charge is 0.306 e. The summed E-state index contributed by atoms with van der Waals surface area (Å²) in [6.07, 6.45) is 3.99. The lowest BCUT2D eigenvalue weighted by molar-refractivity contribution is -0.156. The number of hydrogen-bond acceptors (Lipinski definition) is 6. The van der Waals surface area contributed by atoms with Crippen molar-refractivity contribution < 1.29 is 14.3 Å². The summed E-state index contributed by atoms with van der Waals surface area (Å²) in [5.41, 5.74) is 8.64. The number of nitrogen functional groups attached to an aromatic ring is 1. The van der Waals surface area contributed by atoms with Crippen LogP contribution < -0.4 is 15.4 Å². The molecule has 25 heavy (non-hydrogen) atoms. The molecule has 0 bridgehead atoms. The molecule has 3 heterocycles. The summed E-state index contributed by atoms with van der Waals surface area (Å²) in [6.45, 7) is 10.3. The van der Waals surface area contributed by atoms with Crippen LogP contribution in [-0.4, -0.2) is 36.3 Å². The maximum absolute atomic E-state index is 12.2. The van der Waals surface area contributed by atoms with Crippen LogP contribution in [0, 0.1) is 11.8 Å². The molecule has 1 fully saturated rings. The van der Waals surface area contributed by atoms with Crippen molar-refractivity contribution in [3.63, 3.8) is 0 Å². The predicted molar refractivity (Wildman–Crippen MR) is 97.8 cm³/mol. The Labute approximate surface area is 149 Å². The number of pyridine rings is 1. The first-order valence-electron chi connectivity index (χ1n) is 9.10.